The lowest BCUT2D eigenvalue weighted by Gasteiger charge is -2.18. The summed E-state index contributed by atoms with van der Waals surface area (Å²) in [4.78, 5) is 25.2. The van der Waals surface area contributed by atoms with Crippen LogP contribution in [0.1, 0.15) is 12.5 Å². The third-order valence-corrected chi connectivity index (χ3v) is 2.94. The van der Waals surface area contributed by atoms with Gasteiger partial charge in [0.15, 0.2) is 5.57 Å². The van der Waals surface area contributed by atoms with Gasteiger partial charge in [-0.15, -0.1) is 0 Å². The van der Waals surface area contributed by atoms with E-state index in [2.05, 4.69) is 0 Å². The normalized spacial score (nSPS) is 15.1. The molecule has 0 aromatic heterocycles. The van der Waals surface area contributed by atoms with Gasteiger partial charge in [-0.3, -0.25) is 4.79 Å². The molecule has 2 rings (SSSR count). The lowest BCUT2D eigenvalue weighted by Crippen LogP contribution is -2.29. The largest absolute Gasteiger partial charge is 0.509 e. The standard InChI is InChI=1S/C14H15NO4/c1-3-19-14(18)12-11(16)8-15(13(12)17)10-7-5-4-6-9(10)2/h4-7,16H,3,8H2,1-2H3. The number of hydrogen-bond donors (Lipinski definition) is 1. The van der Waals surface area contributed by atoms with Crippen molar-refractivity contribution in [2.75, 3.05) is 18.1 Å². The Morgan fingerprint density at radius 1 is 1.42 bits per heavy atom. The van der Waals surface area contributed by atoms with Gasteiger partial charge in [-0.05, 0) is 25.5 Å². The molecule has 0 radical (unpaired) electrons. The van der Waals surface area contributed by atoms with Crippen molar-refractivity contribution in [3.63, 3.8) is 0 Å². The number of hydrogen-bond acceptors (Lipinski definition) is 4. The predicted octanol–water partition coefficient (Wildman–Crippen LogP) is 1.72. The molecular weight excluding hydrogens is 246 g/mol. The van der Waals surface area contributed by atoms with E-state index in [0.29, 0.717) is 5.69 Å². The number of carbonyl (C=O) groups is 2. The van der Waals surface area contributed by atoms with Crippen molar-refractivity contribution in [2.24, 2.45) is 0 Å². The Labute approximate surface area is 111 Å². The smallest absolute Gasteiger partial charge is 0.347 e. The zero-order valence-corrected chi connectivity index (χ0v) is 10.8. The molecule has 1 N–H and O–H groups in total. The first-order chi connectivity index (χ1) is 9.06. The van der Waals surface area contributed by atoms with Crippen molar-refractivity contribution in [1.82, 2.24) is 0 Å². The maximum Gasteiger partial charge on any atom is 0.347 e. The number of anilines is 1. The highest BCUT2D eigenvalue weighted by molar-refractivity contribution is 6.24. The minimum absolute atomic E-state index is 0.00215. The molecule has 0 spiro atoms. The fourth-order valence-corrected chi connectivity index (χ4v) is 2.03. The molecule has 0 unspecified atom stereocenters. The first-order valence-electron chi connectivity index (χ1n) is 6.03. The summed E-state index contributed by atoms with van der Waals surface area (Å²) in [5.41, 5.74) is 1.30. The maximum atomic E-state index is 12.2. The average molecular weight is 261 g/mol. The van der Waals surface area contributed by atoms with E-state index in [-0.39, 0.29) is 24.5 Å². The van der Waals surface area contributed by atoms with Gasteiger partial charge in [0, 0.05) is 5.69 Å². The quantitative estimate of drug-likeness (QED) is 0.664. The third kappa shape index (κ3) is 2.31. The number of esters is 1. The first-order valence-corrected chi connectivity index (χ1v) is 6.03. The zero-order chi connectivity index (χ0) is 14.0. The summed E-state index contributed by atoms with van der Waals surface area (Å²) in [5, 5.41) is 9.80. The summed E-state index contributed by atoms with van der Waals surface area (Å²) in [6, 6.07) is 7.30. The Morgan fingerprint density at radius 2 is 2.11 bits per heavy atom. The van der Waals surface area contributed by atoms with Crippen molar-refractivity contribution < 1.29 is 19.4 Å². The molecule has 0 saturated heterocycles. The molecule has 1 amide bonds. The second-order valence-electron chi connectivity index (χ2n) is 4.22. The van der Waals surface area contributed by atoms with Crippen LogP contribution >= 0.6 is 0 Å². The van der Waals surface area contributed by atoms with E-state index >= 15 is 0 Å². The SMILES string of the molecule is CCOC(=O)C1=C(O)CN(c2ccccc2C)C1=O. The number of carbonyl (C=O) groups excluding carboxylic acids is 2. The summed E-state index contributed by atoms with van der Waals surface area (Å²) < 4.78 is 4.78. The van der Waals surface area contributed by atoms with Crippen LogP contribution in [0.15, 0.2) is 35.6 Å². The summed E-state index contributed by atoms with van der Waals surface area (Å²) in [7, 11) is 0. The molecule has 0 bridgehead atoms. The number of aliphatic hydroxyl groups is 1. The fraction of sp³-hybridized carbons (Fsp3) is 0.286. The van der Waals surface area contributed by atoms with Crippen LogP contribution in [-0.4, -0.2) is 30.1 Å². The number of amides is 1. The highest BCUT2D eigenvalue weighted by atomic mass is 16.5. The highest BCUT2D eigenvalue weighted by Gasteiger charge is 2.37. The molecule has 1 aliphatic rings. The van der Waals surface area contributed by atoms with E-state index in [0.717, 1.165) is 5.56 Å². The molecule has 1 heterocycles. The minimum Gasteiger partial charge on any atom is -0.509 e. The number of ether oxygens (including phenoxy) is 1. The van der Waals surface area contributed by atoms with Gasteiger partial charge in [-0.25, -0.2) is 4.79 Å². The lowest BCUT2D eigenvalue weighted by molar-refractivity contribution is -0.139. The van der Waals surface area contributed by atoms with Gasteiger partial charge in [0.1, 0.15) is 5.76 Å². The van der Waals surface area contributed by atoms with E-state index in [9.17, 15) is 14.7 Å². The summed E-state index contributed by atoms with van der Waals surface area (Å²) in [6.07, 6.45) is 0. The molecule has 1 aromatic carbocycles. The lowest BCUT2D eigenvalue weighted by atomic mass is 10.2. The van der Waals surface area contributed by atoms with Crippen molar-refractivity contribution in [3.8, 4) is 0 Å². The molecule has 0 atom stereocenters. The van der Waals surface area contributed by atoms with Crippen LogP contribution in [0.3, 0.4) is 0 Å². The second-order valence-corrected chi connectivity index (χ2v) is 4.22. The van der Waals surface area contributed by atoms with Gasteiger partial charge < -0.3 is 14.7 Å². The van der Waals surface area contributed by atoms with Crippen LogP contribution in [0.4, 0.5) is 5.69 Å². The van der Waals surface area contributed by atoms with Crippen molar-refractivity contribution >= 4 is 17.6 Å². The Bertz CT molecular complexity index is 562. The summed E-state index contributed by atoms with van der Waals surface area (Å²) in [5.74, 6) is -1.54. The van der Waals surface area contributed by atoms with E-state index in [4.69, 9.17) is 4.74 Å². The van der Waals surface area contributed by atoms with Gasteiger partial charge in [-0.1, -0.05) is 18.2 Å². The molecule has 1 aromatic rings. The van der Waals surface area contributed by atoms with E-state index in [1.165, 1.54) is 4.90 Å². The molecule has 19 heavy (non-hydrogen) atoms. The first kappa shape index (κ1) is 13.1. The number of rotatable bonds is 3. The minimum atomic E-state index is -0.777. The monoisotopic (exact) mass is 261 g/mol. The van der Waals surface area contributed by atoms with Crippen LogP contribution < -0.4 is 4.90 Å². The van der Waals surface area contributed by atoms with Crippen LogP contribution in [0.25, 0.3) is 0 Å². The summed E-state index contributed by atoms with van der Waals surface area (Å²) >= 11 is 0. The second kappa shape index (κ2) is 5.14. The van der Waals surface area contributed by atoms with Crippen LogP contribution in [0.5, 0.6) is 0 Å². The molecule has 5 nitrogen and oxygen atoms in total. The van der Waals surface area contributed by atoms with Gasteiger partial charge in [0.25, 0.3) is 5.91 Å². The zero-order valence-electron chi connectivity index (χ0n) is 10.8. The van der Waals surface area contributed by atoms with Crippen LogP contribution in [-0.2, 0) is 14.3 Å². The molecule has 0 aliphatic carbocycles. The fourth-order valence-electron chi connectivity index (χ4n) is 2.03. The Balaban J connectivity index is 2.30. The maximum absolute atomic E-state index is 12.2. The topological polar surface area (TPSA) is 66.8 Å². The van der Waals surface area contributed by atoms with Gasteiger partial charge in [0.2, 0.25) is 0 Å². The molecule has 0 saturated carbocycles. The molecular formula is C14H15NO4. The predicted molar refractivity (Wildman–Crippen MR) is 69.8 cm³/mol. The number of aliphatic hydroxyl groups excluding tert-OH is 1. The van der Waals surface area contributed by atoms with Crippen molar-refractivity contribution in [2.45, 2.75) is 13.8 Å². The van der Waals surface area contributed by atoms with E-state index in [1.54, 1.807) is 19.1 Å². The number of nitrogens with zero attached hydrogens (tertiary/aromatic N) is 1. The Morgan fingerprint density at radius 3 is 2.74 bits per heavy atom. The summed E-state index contributed by atoms with van der Waals surface area (Å²) in [6.45, 7) is 3.67. The van der Waals surface area contributed by atoms with E-state index < -0.39 is 11.9 Å². The third-order valence-electron chi connectivity index (χ3n) is 2.94. The highest BCUT2D eigenvalue weighted by Crippen LogP contribution is 2.27. The molecule has 1 aliphatic heterocycles. The number of benzene rings is 1. The number of para-hydroxylation sites is 1. The number of aryl methyl sites for hydroxylation is 1. The average Bonchev–Trinajstić information content (AvgIpc) is 2.66. The molecule has 0 fully saturated rings. The van der Waals surface area contributed by atoms with Crippen LogP contribution in [0.2, 0.25) is 0 Å². The van der Waals surface area contributed by atoms with Crippen molar-refractivity contribution in [1.29, 1.82) is 0 Å². The Kier molecular flexibility index (Phi) is 3.55. The van der Waals surface area contributed by atoms with Gasteiger partial charge in [-0.2, -0.15) is 0 Å². The van der Waals surface area contributed by atoms with Crippen molar-refractivity contribution in [3.05, 3.63) is 41.2 Å². The van der Waals surface area contributed by atoms with Gasteiger partial charge in [0.05, 0.1) is 13.2 Å². The molecule has 100 valence electrons. The Hall–Kier alpha value is -2.30. The van der Waals surface area contributed by atoms with Gasteiger partial charge >= 0.3 is 5.97 Å². The van der Waals surface area contributed by atoms with Crippen LogP contribution in [0, 0.1) is 6.92 Å². The molecule has 5 heteroatoms. The van der Waals surface area contributed by atoms with E-state index in [1.807, 2.05) is 19.1 Å².